The summed E-state index contributed by atoms with van der Waals surface area (Å²) < 4.78 is 24.9. The lowest BCUT2D eigenvalue weighted by atomic mass is 10.1. The topological polar surface area (TPSA) is 91.8 Å². The van der Waals surface area contributed by atoms with Gasteiger partial charge in [0.05, 0.1) is 25.1 Å². The average Bonchev–Trinajstić information content (AvgIpc) is 3.11. The average molecular weight is 452 g/mol. The second-order valence-electron chi connectivity index (χ2n) is 7.77. The first-order chi connectivity index (χ1) is 15.8. The molecule has 1 aliphatic heterocycles. The molecule has 1 aliphatic rings. The third-order valence-corrected chi connectivity index (χ3v) is 4.89. The summed E-state index contributed by atoms with van der Waals surface area (Å²) in [4.78, 5) is 20.4. The van der Waals surface area contributed by atoms with Crippen LogP contribution in [0, 0.1) is 5.82 Å². The van der Waals surface area contributed by atoms with Gasteiger partial charge in [-0.25, -0.2) is 24.2 Å². The monoisotopic (exact) mass is 452 g/mol. The minimum absolute atomic E-state index is 0.00295. The number of carbonyl (C=O) groups is 1. The summed E-state index contributed by atoms with van der Waals surface area (Å²) in [7, 11) is 3.11. The van der Waals surface area contributed by atoms with Crippen molar-refractivity contribution >= 4 is 34.9 Å². The maximum Gasteiger partial charge on any atom is 0.428 e. The van der Waals surface area contributed by atoms with Gasteiger partial charge in [0.1, 0.15) is 5.75 Å². The lowest BCUT2D eigenvalue weighted by Gasteiger charge is -2.23. The van der Waals surface area contributed by atoms with Crippen molar-refractivity contribution < 1.29 is 18.7 Å². The summed E-state index contributed by atoms with van der Waals surface area (Å²) >= 11 is 0. The van der Waals surface area contributed by atoms with E-state index in [1.807, 2.05) is 44.2 Å². The van der Waals surface area contributed by atoms with Gasteiger partial charge < -0.3 is 20.1 Å². The van der Waals surface area contributed by atoms with Gasteiger partial charge in [-0.15, -0.1) is 0 Å². The quantitative estimate of drug-likeness (QED) is 0.550. The fourth-order valence-electron chi connectivity index (χ4n) is 3.47. The van der Waals surface area contributed by atoms with Crippen LogP contribution in [0.1, 0.15) is 19.4 Å². The zero-order valence-corrected chi connectivity index (χ0v) is 18.8. The number of hydrogen-bond acceptors (Lipinski definition) is 8. The molecule has 172 valence electrons. The molecular weight excluding hydrogens is 427 g/mol. The molecule has 2 heterocycles. The molecule has 0 radical (unpaired) electrons. The van der Waals surface area contributed by atoms with Crippen molar-refractivity contribution in [2.24, 2.45) is 0 Å². The maximum absolute atomic E-state index is 14.4. The number of anilines is 5. The molecule has 0 saturated carbocycles. The van der Waals surface area contributed by atoms with Crippen molar-refractivity contribution in [3.63, 3.8) is 0 Å². The SMILES string of the molecule is COC(=O)N1c2cc(Nc3nc(Nc4ccc(OC(C)C)cc4)ncc3F)ccc2CN1C. The van der Waals surface area contributed by atoms with Gasteiger partial charge in [0.2, 0.25) is 5.95 Å². The van der Waals surface area contributed by atoms with E-state index in [-0.39, 0.29) is 17.9 Å². The van der Waals surface area contributed by atoms with Gasteiger partial charge in [-0.05, 0) is 55.8 Å². The molecule has 0 unspecified atom stereocenters. The number of hydrogen-bond donors (Lipinski definition) is 2. The van der Waals surface area contributed by atoms with Crippen molar-refractivity contribution in [3.8, 4) is 5.75 Å². The Morgan fingerprint density at radius 2 is 1.85 bits per heavy atom. The van der Waals surface area contributed by atoms with Crippen LogP contribution in [0.25, 0.3) is 0 Å². The molecule has 3 aromatic rings. The third-order valence-electron chi connectivity index (χ3n) is 4.89. The first-order valence-electron chi connectivity index (χ1n) is 10.4. The van der Waals surface area contributed by atoms with Gasteiger partial charge in [0, 0.05) is 25.0 Å². The number of nitrogens with one attached hydrogen (secondary N) is 2. The molecule has 4 rings (SSSR count). The molecule has 0 atom stereocenters. The Hall–Kier alpha value is -3.92. The highest BCUT2D eigenvalue weighted by Crippen LogP contribution is 2.34. The number of hydrazine groups is 1. The van der Waals surface area contributed by atoms with Crippen molar-refractivity contribution in [1.82, 2.24) is 15.0 Å². The van der Waals surface area contributed by atoms with Crippen LogP contribution in [-0.2, 0) is 11.3 Å². The molecular formula is C23H25FN6O3. The summed E-state index contributed by atoms with van der Waals surface area (Å²) in [5.41, 5.74) is 2.91. The third kappa shape index (κ3) is 4.96. The molecule has 10 heteroatoms. The van der Waals surface area contributed by atoms with Crippen LogP contribution >= 0.6 is 0 Å². The van der Waals surface area contributed by atoms with E-state index >= 15 is 0 Å². The van der Waals surface area contributed by atoms with Crippen molar-refractivity contribution in [3.05, 3.63) is 60.0 Å². The molecule has 0 bridgehead atoms. The van der Waals surface area contributed by atoms with E-state index in [0.29, 0.717) is 17.9 Å². The minimum atomic E-state index is -0.608. The normalized spacial score (nSPS) is 13.1. The van der Waals surface area contributed by atoms with E-state index < -0.39 is 11.9 Å². The molecule has 0 aliphatic carbocycles. The summed E-state index contributed by atoms with van der Waals surface area (Å²) in [6.07, 6.45) is 0.672. The molecule has 2 N–H and O–H groups in total. The predicted octanol–water partition coefficient (Wildman–Crippen LogP) is 4.82. The van der Waals surface area contributed by atoms with Gasteiger partial charge in [-0.3, -0.25) is 0 Å². The number of rotatable bonds is 6. The van der Waals surface area contributed by atoms with Gasteiger partial charge in [-0.2, -0.15) is 4.98 Å². The number of methoxy groups -OCH3 is 1. The van der Waals surface area contributed by atoms with E-state index in [2.05, 4.69) is 20.6 Å². The van der Waals surface area contributed by atoms with E-state index in [4.69, 9.17) is 9.47 Å². The van der Waals surface area contributed by atoms with Crippen molar-refractivity contribution in [1.29, 1.82) is 0 Å². The fourth-order valence-corrected chi connectivity index (χ4v) is 3.47. The smallest absolute Gasteiger partial charge is 0.428 e. The molecule has 1 amide bonds. The highest BCUT2D eigenvalue weighted by Gasteiger charge is 2.30. The van der Waals surface area contributed by atoms with Crippen LogP contribution in [0.15, 0.2) is 48.7 Å². The second kappa shape index (κ2) is 9.29. The molecule has 0 spiro atoms. The van der Waals surface area contributed by atoms with Crippen LogP contribution in [-0.4, -0.2) is 41.3 Å². The summed E-state index contributed by atoms with van der Waals surface area (Å²) in [6.45, 7) is 4.47. The van der Waals surface area contributed by atoms with E-state index in [0.717, 1.165) is 23.2 Å². The van der Waals surface area contributed by atoms with Gasteiger partial charge >= 0.3 is 6.09 Å². The highest BCUT2D eigenvalue weighted by atomic mass is 19.1. The van der Waals surface area contributed by atoms with E-state index in [1.54, 1.807) is 24.2 Å². The maximum atomic E-state index is 14.4. The zero-order valence-electron chi connectivity index (χ0n) is 18.8. The van der Waals surface area contributed by atoms with Crippen LogP contribution in [0.3, 0.4) is 0 Å². The van der Waals surface area contributed by atoms with Gasteiger partial charge in [0.15, 0.2) is 11.6 Å². The van der Waals surface area contributed by atoms with Crippen LogP contribution in [0.4, 0.5) is 38.0 Å². The lowest BCUT2D eigenvalue weighted by Crippen LogP contribution is -2.39. The number of nitrogens with zero attached hydrogens (tertiary/aromatic N) is 4. The lowest BCUT2D eigenvalue weighted by molar-refractivity contribution is 0.159. The second-order valence-corrected chi connectivity index (χ2v) is 7.77. The number of aromatic nitrogens is 2. The highest BCUT2D eigenvalue weighted by molar-refractivity contribution is 5.90. The largest absolute Gasteiger partial charge is 0.491 e. The number of fused-ring (bicyclic) bond motifs is 1. The van der Waals surface area contributed by atoms with Crippen LogP contribution in [0.2, 0.25) is 0 Å². The zero-order chi connectivity index (χ0) is 23.5. The van der Waals surface area contributed by atoms with E-state index in [9.17, 15) is 9.18 Å². The first-order valence-corrected chi connectivity index (χ1v) is 10.4. The van der Waals surface area contributed by atoms with Gasteiger partial charge in [-0.1, -0.05) is 6.07 Å². The number of carbonyl (C=O) groups excluding carboxylic acids is 1. The Morgan fingerprint density at radius 3 is 2.55 bits per heavy atom. The summed E-state index contributed by atoms with van der Waals surface area (Å²) in [5, 5.41) is 9.19. The fraction of sp³-hybridized carbons (Fsp3) is 0.261. The number of benzene rings is 2. The predicted molar refractivity (Wildman–Crippen MR) is 124 cm³/mol. The first kappa shape index (κ1) is 22.3. The molecule has 2 aromatic carbocycles. The molecule has 0 fully saturated rings. The molecule has 1 aromatic heterocycles. The number of amides is 1. The molecule has 9 nitrogen and oxygen atoms in total. The number of halogens is 1. The Morgan fingerprint density at radius 1 is 1.12 bits per heavy atom. The Balaban J connectivity index is 1.52. The Kier molecular flexibility index (Phi) is 6.27. The van der Waals surface area contributed by atoms with E-state index in [1.165, 1.54) is 12.1 Å². The minimum Gasteiger partial charge on any atom is -0.491 e. The van der Waals surface area contributed by atoms with Gasteiger partial charge in [0.25, 0.3) is 0 Å². The summed E-state index contributed by atoms with van der Waals surface area (Å²) in [5.74, 6) is 0.376. The molecule has 0 saturated heterocycles. The Bertz CT molecular complexity index is 1160. The van der Waals surface area contributed by atoms with Crippen molar-refractivity contribution in [2.75, 3.05) is 29.8 Å². The van der Waals surface area contributed by atoms with Crippen molar-refractivity contribution in [2.45, 2.75) is 26.5 Å². The summed E-state index contributed by atoms with van der Waals surface area (Å²) in [6, 6.07) is 12.7. The van der Waals surface area contributed by atoms with Crippen LogP contribution in [0.5, 0.6) is 5.75 Å². The molecule has 33 heavy (non-hydrogen) atoms. The Labute approximate surface area is 191 Å². The van der Waals surface area contributed by atoms with Crippen LogP contribution < -0.4 is 20.4 Å². The number of ether oxygens (including phenoxy) is 2. The standard InChI is InChI=1S/C23H25FN6O3/c1-14(2)33-18-9-7-16(8-10-18)27-22-25-12-19(24)21(28-22)26-17-6-5-15-13-29(3)30(20(15)11-17)23(31)32-4/h5-12,14H,13H2,1-4H3,(H2,25,26,27,28).